The molecule has 7 heteroatoms. The highest BCUT2D eigenvalue weighted by Crippen LogP contribution is 2.32. The minimum absolute atomic E-state index is 0.0643. The number of carbonyl (C=O) groups is 1. The van der Waals surface area contributed by atoms with E-state index < -0.39 is 29.3 Å². The van der Waals surface area contributed by atoms with Crippen LogP contribution in [0, 0.1) is 5.92 Å². The number of ether oxygens (including phenoxy) is 1. The Morgan fingerprint density at radius 1 is 1.42 bits per heavy atom. The van der Waals surface area contributed by atoms with Gasteiger partial charge in [-0.05, 0) is 24.8 Å². The lowest BCUT2D eigenvalue weighted by atomic mass is 9.97. The topological polar surface area (TPSA) is 48.3 Å². The Hall–Kier alpha value is -2.05. The smallest absolute Gasteiger partial charge is 0.416 e. The first-order valence-corrected chi connectivity index (χ1v) is 7.77. The maximum absolute atomic E-state index is 13.1. The van der Waals surface area contributed by atoms with Crippen molar-refractivity contribution in [3.05, 3.63) is 46.4 Å². The van der Waals surface area contributed by atoms with Gasteiger partial charge in [-0.25, -0.2) is 4.79 Å². The molecular weight excluding hydrogens is 323 g/mol. The van der Waals surface area contributed by atoms with Crippen LogP contribution in [0.1, 0.15) is 44.4 Å². The van der Waals surface area contributed by atoms with E-state index in [9.17, 15) is 22.8 Å². The van der Waals surface area contributed by atoms with Crippen LogP contribution in [0.5, 0.6) is 0 Å². The van der Waals surface area contributed by atoms with Crippen molar-refractivity contribution in [1.29, 1.82) is 0 Å². The Balaban J connectivity index is 3.55. The number of hydrogen-bond acceptors (Lipinski definition) is 3. The van der Waals surface area contributed by atoms with Gasteiger partial charge >= 0.3 is 12.1 Å². The summed E-state index contributed by atoms with van der Waals surface area (Å²) in [5, 5.41) is 0. The molecular formula is C17H22F3NO3. The molecule has 0 amide bonds. The molecule has 1 heterocycles. The van der Waals surface area contributed by atoms with Gasteiger partial charge in [0.05, 0.1) is 12.2 Å². The molecule has 0 aliphatic rings. The zero-order valence-corrected chi connectivity index (χ0v) is 14.0. The van der Waals surface area contributed by atoms with Gasteiger partial charge in [-0.3, -0.25) is 4.79 Å². The number of aromatic nitrogens is 1. The summed E-state index contributed by atoms with van der Waals surface area (Å²) in [4.78, 5) is 24.5. The molecule has 134 valence electrons. The van der Waals surface area contributed by atoms with Crippen molar-refractivity contribution in [3.8, 4) is 0 Å². The lowest BCUT2D eigenvalue weighted by Gasteiger charge is -2.25. The van der Waals surface area contributed by atoms with Crippen molar-refractivity contribution in [1.82, 2.24) is 4.57 Å². The van der Waals surface area contributed by atoms with E-state index in [0.717, 1.165) is 10.8 Å². The van der Waals surface area contributed by atoms with Crippen molar-refractivity contribution in [2.45, 2.75) is 45.8 Å². The van der Waals surface area contributed by atoms with E-state index in [4.69, 9.17) is 4.74 Å². The van der Waals surface area contributed by atoms with Crippen LogP contribution >= 0.6 is 0 Å². The van der Waals surface area contributed by atoms with Crippen LogP contribution in [-0.4, -0.2) is 17.1 Å². The Morgan fingerprint density at radius 3 is 2.50 bits per heavy atom. The molecule has 0 fully saturated rings. The van der Waals surface area contributed by atoms with Crippen LogP contribution in [0.4, 0.5) is 13.2 Å². The molecule has 1 aromatic heterocycles. The molecule has 4 nitrogen and oxygen atoms in total. The second-order valence-corrected chi connectivity index (χ2v) is 5.53. The highest BCUT2D eigenvalue weighted by molar-refractivity contribution is 5.74. The van der Waals surface area contributed by atoms with E-state index in [-0.39, 0.29) is 24.5 Å². The van der Waals surface area contributed by atoms with E-state index in [1.165, 1.54) is 6.08 Å². The van der Waals surface area contributed by atoms with Gasteiger partial charge in [0.15, 0.2) is 0 Å². The fourth-order valence-corrected chi connectivity index (χ4v) is 2.46. The molecule has 1 aromatic rings. The standard InChI is InChI=1S/C17H22F3NO3/c1-5-8-12-10-21(14(22)9-13(12)17(18,19)20)15(11(4)6-2)16(23)24-7-3/h5,9-11,15H,1,6-8H2,2-4H3/t11-,15?/m1/s1. The predicted octanol–water partition coefficient (Wildman–Crippen LogP) is 3.75. The van der Waals surface area contributed by atoms with Gasteiger partial charge in [0.1, 0.15) is 6.04 Å². The molecule has 2 atom stereocenters. The van der Waals surface area contributed by atoms with Crippen molar-refractivity contribution < 1.29 is 22.7 Å². The Bertz CT molecular complexity index is 649. The second kappa shape index (κ2) is 8.17. The molecule has 0 aliphatic carbocycles. The van der Waals surface area contributed by atoms with Crippen LogP contribution < -0.4 is 5.56 Å². The molecule has 0 aliphatic heterocycles. The monoisotopic (exact) mass is 345 g/mol. The molecule has 0 radical (unpaired) electrons. The highest BCUT2D eigenvalue weighted by Gasteiger charge is 2.36. The fraction of sp³-hybridized carbons (Fsp3) is 0.529. The quantitative estimate of drug-likeness (QED) is 0.559. The van der Waals surface area contributed by atoms with E-state index in [0.29, 0.717) is 12.5 Å². The lowest BCUT2D eigenvalue weighted by molar-refractivity contribution is -0.149. The summed E-state index contributed by atoms with van der Waals surface area (Å²) in [6.45, 7) is 8.78. The largest absolute Gasteiger partial charge is 0.464 e. The zero-order chi connectivity index (χ0) is 18.5. The minimum Gasteiger partial charge on any atom is -0.464 e. The normalized spacial score (nSPS) is 14.1. The molecule has 0 spiro atoms. The third kappa shape index (κ3) is 4.49. The highest BCUT2D eigenvalue weighted by atomic mass is 19.4. The molecule has 0 saturated heterocycles. The van der Waals surface area contributed by atoms with Crippen LogP contribution in [-0.2, 0) is 22.1 Å². The van der Waals surface area contributed by atoms with Crippen molar-refractivity contribution in [3.63, 3.8) is 0 Å². The number of nitrogens with zero attached hydrogens (tertiary/aromatic N) is 1. The maximum Gasteiger partial charge on any atom is 0.416 e. The van der Waals surface area contributed by atoms with Gasteiger partial charge in [-0.1, -0.05) is 26.3 Å². The summed E-state index contributed by atoms with van der Waals surface area (Å²) in [5.41, 5.74) is -1.99. The van der Waals surface area contributed by atoms with Gasteiger partial charge in [0.25, 0.3) is 5.56 Å². The number of rotatable bonds is 7. The third-order valence-corrected chi connectivity index (χ3v) is 3.84. The number of alkyl halides is 3. The average Bonchev–Trinajstić information content (AvgIpc) is 2.49. The molecule has 0 saturated carbocycles. The minimum atomic E-state index is -4.65. The summed E-state index contributed by atoms with van der Waals surface area (Å²) >= 11 is 0. The molecule has 1 rings (SSSR count). The third-order valence-electron chi connectivity index (χ3n) is 3.84. The van der Waals surface area contributed by atoms with E-state index in [1.807, 2.05) is 6.92 Å². The average molecular weight is 345 g/mol. The summed E-state index contributed by atoms with van der Waals surface area (Å²) in [6, 6.07) is -0.429. The van der Waals surface area contributed by atoms with Gasteiger partial charge < -0.3 is 9.30 Å². The molecule has 24 heavy (non-hydrogen) atoms. The number of esters is 1. The Labute approximate surface area is 138 Å². The number of halogens is 3. The second-order valence-electron chi connectivity index (χ2n) is 5.53. The summed E-state index contributed by atoms with van der Waals surface area (Å²) in [7, 11) is 0. The van der Waals surface area contributed by atoms with E-state index >= 15 is 0 Å². The maximum atomic E-state index is 13.1. The summed E-state index contributed by atoms with van der Waals surface area (Å²) < 4.78 is 45.4. The SMILES string of the molecule is C=CCc1cn(C(C(=O)OCC)[C@H](C)CC)c(=O)cc1C(F)(F)F. The molecule has 0 bridgehead atoms. The van der Waals surface area contributed by atoms with E-state index in [1.54, 1.807) is 13.8 Å². The first-order valence-electron chi connectivity index (χ1n) is 7.77. The summed E-state index contributed by atoms with van der Waals surface area (Å²) in [6.07, 6.45) is -1.73. The number of allylic oxidation sites excluding steroid dienone is 1. The van der Waals surface area contributed by atoms with Crippen molar-refractivity contribution >= 4 is 5.97 Å². The lowest BCUT2D eigenvalue weighted by Crippen LogP contribution is -2.35. The summed E-state index contributed by atoms with van der Waals surface area (Å²) in [5.74, 6) is -0.895. The van der Waals surface area contributed by atoms with Crippen LogP contribution in [0.3, 0.4) is 0 Å². The van der Waals surface area contributed by atoms with E-state index in [2.05, 4.69) is 6.58 Å². The van der Waals surface area contributed by atoms with Crippen LogP contribution in [0.2, 0.25) is 0 Å². The van der Waals surface area contributed by atoms with Gasteiger partial charge in [-0.2, -0.15) is 13.2 Å². The number of carbonyl (C=O) groups excluding carboxylic acids is 1. The van der Waals surface area contributed by atoms with Crippen LogP contribution in [0.15, 0.2) is 29.7 Å². The van der Waals surface area contributed by atoms with Gasteiger partial charge in [0.2, 0.25) is 0 Å². The molecule has 1 unspecified atom stereocenters. The first kappa shape index (κ1) is 20.0. The van der Waals surface area contributed by atoms with Crippen molar-refractivity contribution in [2.24, 2.45) is 5.92 Å². The first-order chi connectivity index (χ1) is 11.2. The van der Waals surface area contributed by atoms with Crippen molar-refractivity contribution in [2.75, 3.05) is 6.61 Å². The predicted molar refractivity (Wildman–Crippen MR) is 84.7 cm³/mol. The zero-order valence-electron chi connectivity index (χ0n) is 14.0. The Morgan fingerprint density at radius 2 is 2.04 bits per heavy atom. The molecule has 0 aromatic carbocycles. The number of hydrogen-bond donors (Lipinski definition) is 0. The van der Waals surface area contributed by atoms with Gasteiger partial charge in [0, 0.05) is 12.3 Å². The number of pyridine rings is 1. The Kier molecular flexibility index (Phi) is 6.81. The van der Waals surface area contributed by atoms with Crippen LogP contribution in [0.25, 0.3) is 0 Å². The molecule has 0 N–H and O–H groups in total. The fourth-order valence-electron chi connectivity index (χ4n) is 2.46. The van der Waals surface area contributed by atoms with Gasteiger partial charge in [-0.15, -0.1) is 6.58 Å².